The van der Waals surface area contributed by atoms with Crippen LogP contribution in [0.2, 0.25) is 0 Å². The molecule has 7 heteroatoms. The number of hydrogen-bond donors (Lipinski definition) is 4. The summed E-state index contributed by atoms with van der Waals surface area (Å²) in [6, 6.07) is 24.5. The minimum absolute atomic E-state index is 0. The number of aromatic nitrogens is 1. The number of aliphatic hydroxyl groups excluding tert-OH is 1. The van der Waals surface area contributed by atoms with Gasteiger partial charge in [0.1, 0.15) is 12.4 Å². The second kappa shape index (κ2) is 12.1. The average Bonchev–Trinajstić information content (AvgIpc) is 2.82. The van der Waals surface area contributed by atoms with Gasteiger partial charge in [0.15, 0.2) is 0 Å². The molecule has 0 aliphatic heterocycles. The van der Waals surface area contributed by atoms with Crippen molar-refractivity contribution in [2.45, 2.75) is 19.1 Å². The second-order valence-electron chi connectivity index (χ2n) is 7.75. The van der Waals surface area contributed by atoms with E-state index in [0.717, 1.165) is 35.2 Å². The van der Waals surface area contributed by atoms with Crippen molar-refractivity contribution < 1.29 is 41.0 Å². The van der Waals surface area contributed by atoms with Gasteiger partial charge in [0.2, 0.25) is 5.56 Å². The molecular formula is C26H27N3O3U. The average molecular weight is 668 g/mol. The van der Waals surface area contributed by atoms with Crippen LogP contribution < -0.4 is 21.3 Å². The van der Waals surface area contributed by atoms with Gasteiger partial charge in [0.05, 0.1) is 11.6 Å². The molecule has 1 atom stereocenters. The Balaban J connectivity index is 0.00000306. The molecule has 3 aromatic carbocycles. The van der Waals surface area contributed by atoms with E-state index in [0.29, 0.717) is 24.4 Å². The molecule has 33 heavy (non-hydrogen) atoms. The van der Waals surface area contributed by atoms with Crippen LogP contribution in [0.1, 0.15) is 22.8 Å². The van der Waals surface area contributed by atoms with Crippen LogP contribution in [0.25, 0.3) is 10.9 Å². The normalized spacial score (nSPS) is 11.7. The standard InChI is InChI=1S/C26H27N3O3.U/c27-20-8-6-18(7-9-20)14-15-28-16-23(30)21-10-12-24(26-22(21)11-13-25(31)29-26)32-17-19-4-2-1-3-5-19;/h1-13,23,28,30H,14-17,27H2,(H,29,31);/t23-;/m0./s1. The summed E-state index contributed by atoms with van der Waals surface area (Å²) < 4.78 is 5.97. The zero-order valence-electron chi connectivity index (χ0n) is 18.3. The van der Waals surface area contributed by atoms with Crippen LogP contribution in [0, 0.1) is 31.1 Å². The number of aromatic amines is 1. The Hall–Kier alpha value is -2.56. The van der Waals surface area contributed by atoms with E-state index in [9.17, 15) is 9.90 Å². The van der Waals surface area contributed by atoms with Gasteiger partial charge in [-0.15, -0.1) is 0 Å². The number of hydrogen-bond acceptors (Lipinski definition) is 5. The number of nitrogens with one attached hydrogen (secondary N) is 2. The van der Waals surface area contributed by atoms with Crippen molar-refractivity contribution in [3.63, 3.8) is 0 Å². The summed E-state index contributed by atoms with van der Waals surface area (Å²) in [6.45, 7) is 1.52. The first-order valence-electron chi connectivity index (χ1n) is 10.7. The van der Waals surface area contributed by atoms with E-state index in [4.69, 9.17) is 10.5 Å². The minimum Gasteiger partial charge on any atom is -0.487 e. The number of anilines is 1. The first-order valence-corrected chi connectivity index (χ1v) is 10.7. The van der Waals surface area contributed by atoms with E-state index in [1.165, 1.54) is 11.6 Å². The van der Waals surface area contributed by atoms with Gasteiger partial charge in [-0.05, 0) is 53.9 Å². The fourth-order valence-electron chi connectivity index (χ4n) is 3.66. The fourth-order valence-corrected chi connectivity index (χ4v) is 3.66. The summed E-state index contributed by atoms with van der Waals surface area (Å²) in [5, 5.41) is 14.9. The van der Waals surface area contributed by atoms with Crippen LogP contribution in [0.15, 0.2) is 83.7 Å². The van der Waals surface area contributed by atoms with Gasteiger partial charge < -0.3 is 25.9 Å². The molecule has 0 spiro atoms. The summed E-state index contributed by atoms with van der Waals surface area (Å²) >= 11 is 0. The van der Waals surface area contributed by atoms with Crippen molar-refractivity contribution in [3.05, 3.63) is 106 Å². The van der Waals surface area contributed by atoms with Gasteiger partial charge in [-0.1, -0.05) is 48.5 Å². The quantitative estimate of drug-likeness (QED) is 0.162. The van der Waals surface area contributed by atoms with Crippen molar-refractivity contribution in [1.29, 1.82) is 0 Å². The van der Waals surface area contributed by atoms with Crippen LogP contribution in [0.5, 0.6) is 5.75 Å². The zero-order valence-corrected chi connectivity index (χ0v) is 22.4. The molecule has 5 N–H and O–H groups in total. The smallest absolute Gasteiger partial charge is 0.248 e. The molecule has 0 saturated heterocycles. The molecule has 1 heterocycles. The third-order valence-corrected chi connectivity index (χ3v) is 5.39. The van der Waals surface area contributed by atoms with E-state index in [1.54, 1.807) is 12.1 Å². The number of aliphatic hydroxyl groups is 1. The molecule has 0 unspecified atom stereocenters. The van der Waals surface area contributed by atoms with E-state index in [1.807, 2.05) is 60.7 Å². The maximum absolute atomic E-state index is 12.0. The number of nitrogen functional groups attached to an aromatic ring is 1. The van der Waals surface area contributed by atoms with Crippen molar-refractivity contribution in [2.75, 3.05) is 18.8 Å². The van der Waals surface area contributed by atoms with Gasteiger partial charge in [-0.2, -0.15) is 0 Å². The summed E-state index contributed by atoms with van der Waals surface area (Å²) in [7, 11) is 0. The molecule has 0 radical (unpaired) electrons. The summed E-state index contributed by atoms with van der Waals surface area (Å²) in [6.07, 6.45) is 0.117. The van der Waals surface area contributed by atoms with Crippen molar-refractivity contribution in [1.82, 2.24) is 10.3 Å². The summed E-state index contributed by atoms with van der Waals surface area (Å²) in [5.41, 5.74) is 9.80. The summed E-state index contributed by atoms with van der Waals surface area (Å²) in [5.74, 6) is 0.578. The van der Waals surface area contributed by atoms with Crippen LogP contribution in [-0.2, 0) is 13.0 Å². The Morgan fingerprint density at radius 2 is 1.70 bits per heavy atom. The van der Waals surface area contributed by atoms with E-state index >= 15 is 0 Å². The van der Waals surface area contributed by atoms with Crippen molar-refractivity contribution in [2.24, 2.45) is 0 Å². The van der Waals surface area contributed by atoms with Crippen LogP contribution in [0.4, 0.5) is 5.69 Å². The third kappa shape index (κ3) is 6.72. The first-order chi connectivity index (χ1) is 15.6. The first kappa shape index (κ1) is 25.1. The van der Waals surface area contributed by atoms with Gasteiger partial charge >= 0.3 is 0 Å². The Morgan fingerprint density at radius 3 is 2.45 bits per heavy atom. The van der Waals surface area contributed by atoms with Gasteiger partial charge in [0, 0.05) is 54.8 Å². The maximum atomic E-state index is 12.0. The SMILES string of the molecule is Nc1ccc(CCNC[C@H](O)c2ccc(OCc3ccccc3)c3[nH]c(=O)ccc23)cc1.[U]. The molecule has 0 fully saturated rings. The topological polar surface area (TPSA) is 100 Å². The molecular weight excluding hydrogens is 640 g/mol. The largest absolute Gasteiger partial charge is 0.487 e. The van der Waals surface area contributed by atoms with Gasteiger partial charge in [0.25, 0.3) is 0 Å². The third-order valence-electron chi connectivity index (χ3n) is 5.39. The molecule has 0 saturated carbocycles. The number of nitrogens with two attached hydrogens (primary N) is 1. The molecule has 168 valence electrons. The Bertz CT molecular complexity index is 1230. The van der Waals surface area contributed by atoms with E-state index in [-0.39, 0.29) is 36.7 Å². The summed E-state index contributed by atoms with van der Waals surface area (Å²) in [4.78, 5) is 14.8. The fraction of sp³-hybridized carbons (Fsp3) is 0.192. The molecule has 4 aromatic rings. The predicted molar refractivity (Wildman–Crippen MR) is 128 cm³/mol. The molecule has 0 aliphatic carbocycles. The van der Waals surface area contributed by atoms with E-state index in [2.05, 4.69) is 10.3 Å². The molecule has 0 amide bonds. The number of benzene rings is 3. The van der Waals surface area contributed by atoms with Crippen LogP contribution in [0.3, 0.4) is 0 Å². The van der Waals surface area contributed by atoms with Gasteiger partial charge in [-0.25, -0.2) is 0 Å². The monoisotopic (exact) mass is 667 g/mol. The molecule has 6 nitrogen and oxygen atoms in total. The number of pyridine rings is 1. The van der Waals surface area contributed by atoms with E-state index < -0.39 is 6.10 Å². The molecule has 0 aliphatic rings. The second-order valence-corrected chi connectivity index (χ2v) is 7.75. The number of fused-ring (bicyclic) bond motifs is 1. The number of rotatable bonds is 9. The minimum atomic E-state index is -0.724. The van der Waals surface area contributed by atoms with Crippen LogP contribution in [-0.4, -0.2) is 23.2 Å². The number of H-pyrrole nitrogens is 1. The molecule has 0 bridgehead atoms. The van der Waals surface area contributed by atoms with Crippen molar-refractivity contribution in [3.8, 4) is 5.75 Å². The van der Waals surface area contributed by atoms with Crippen molar-refractivity contribution >= 4 is 16.6 Å². The Labute approximate surface area is 216 Å². The Kier molecular flexibility index (Phi) is 9.16. The van der Waals surface area contributed by atoms with Crippen LogP contribution >= 0.6 is 0 Å². The molecule has 1 aromatic heterocycles. The zero-order chi connectivity index (χ0) is 22.3. The predicted octanol–water partition coefficient (Wildman–Crippen LogP) is 3.56. The maximum Gasteiger partial charge on any atom is 0.248 e. The number of ether oxygens (including phenoxy) is 1. The molecule has 4 rings (SSSR count). The van der Waals surface area contributed by atoms with Gasteiger partial charge in [-0.3, -0.25) is 4.79 Å². The Morgan fingerprint density at radius 1 is 0.939 bits per heavy atom.